The second-order valence-electron chi connectivity index (χ2n) is 5.29. The van der Waals surface area contributed by atoms with Crippen LogP contribution in [-0.4, -0.2) is 15.9 Å². The Morgan fingerprint density at radius 3 is 2.95 bits per heavy atom. The summed E-state index contributed by atoms with van der Waals surface area (Å²) in [6, 6.07) is 9.28. The second kappa shape index (κ2) is 5.44. The Hall–Kier alpha value is -2.56. The third-order valence-electron chi connectivity index (χ3n) is 3.31. The van der Waals surface area contributed by atoms with Crippen molar-refractivity contribution in [3.63, 3.8) is 0 Å². The van der Waals surface area contributed by atoms with E-state index in [9.17, 15) is 4.79 Å². The van der Waals surface area contributed by atoms with Gasteiger partial charge in [0.25, 0.3) is 5.91 Å². The number of carbonyl (C=O) groups excluding carboxylic acids is 1. The molecule has 0 saturated heterocycles. The van der Waals surface area contributed by atoms with Crippen molar-refractivity contribution in [2.75, 3.05) is 0 Å². The number of aromatic nitrogens is 2. The smallest absolute Gasteiger partial charge is 0.287 e. The molecule has 1 aromatic carbocycles. The van der Waals surface area contributed by atoms with E-state index in [1.165, 1.54) is 6.26 Å². The number of nitrogens with one attached hydrogen (secondary N) is 2. The lowest BCUT2D eigenvalue weighted by Crippen LogP contribution is -2.22. The van der Waals surface area contributed by atoms with E-state index >= 15 is 0 Å². The lowest BCUT2D eigenvalue weighted by Gasteiger charge is -2.03. The van der Waals surface area contributed by atoms with E-state index < -0.39 is 0 Å². The summed E-state index contributed by atoms with van der Waals surface area (Å²) in [6.45, 7) is 4.65. The molecule has 21 heavy (non-hydrogen) atoms. The number of hydrogen-bond donors (Lipinski definition) is 2. The van der Waals surface area contributed by atoms with Crippen molar-refractivity contribution in [2.24, 2.45) is 0 Å². The predicted molar refractivity (Wildman–Crippen MR) is 80.1 cm³/mol. The van der Waals surface area contributed by atoms with E-state index in [1.807, 2.05) is 18.2 Å². The number of nitrogens with zero attached hydrogens (tertiary/aromatic N) is 1. The highest BCUT2D eigenvalue weighted by Gasteiger charge is 2.09. The molecule has 0 aliphatic carbocycles. The van der Waals surface area contributed by atoms with E-state index in [0.717, 1.165) is 22.4 Å². The number of rotatable bonds is 4. The minimum Gasteiger partial charge on any atom is -0.459 e. The summed E-state index contributed by atoms with van der Waals surface area (Å²) in [7, 11) is 0. The van der Waals surface area contributed by atoms with Crippen LogP contribution in [0, 0.1) is 0 Å². The van der Waals surface area contributed by atoms with Gasteiger partial charge in [0, 0.05) is 12.5 Å². The van der Waals surface area contributed by atoms with Crippen molar-refractivity contribution >= 4 is 16.9 Å². The number of carbonyl (C=O) groups is 1. The molecule has 0 atom stereocenters. The summed E-state index contributed by atoms with van der Waals surface area (Å²) in [5.74, 6) is 1.44. The maximum absolute atomic E-state index is 11.8. The number of imidazole rings is 1. The summed E-state index contributed by atoms with van der Waals surface area (Å²) in [5.41, 5.74) is 2.95. The Labute approximate surface area is 122 Å². The van der Waals surface area contributed by atoms with Gasteiger partial charge in [0.1, 0.15) is 5.82 Å². The summed E-state index contributed by atoms with van der Waals surface area (Å²) in [5, 5.41) is 2.83. The Morgan fingerprint density at radius 2 is 2.24 bits per heavy atom. The monoisotopic (exact) mass is 283 g/mol. The number of benzene rings is 1. The molecule has 108 valence electrons. The SMILES string of the molecule is CC(C)c1nc2ccc(CNC(=O)c3ccco3)cc2[nH]1. The van der Waals surface area contributed by atoms with E-state index in [-0.39, 0.29) is 5.91 Å². The fourth-order valence-electron chi connectivity index (χ4n) is 2.14. The lowest BCUT2D eigenvalue weighted by molar-refractivity contribution is 0.0923. The van der Waals surface area contributed by atoms with Crippen LogP contribution in [0.3, 0.4) is 0 Å². The molecule has 2 aromatic heterocycles. The molecule has 5 nitrogen and oxygen atoms in total. The summed E-state index contributed by atoms with van der Waals surface area (Å²) in [4.78, 5) is 19.7. The Balaban J connectivity index is 1.74. The van der Waals surface area contributed by atoms with Crippen LogP contribution in [0.4, 0.5) is 0 Å². The zero-order valence-corrected chi connectivity index (χ0v) is 12.0. The van der Waals surface area contributed by atoms with Gasteiger partial charge in [0.2, 0.25) is 0 Å². The number of amides is 1. The lowest BCUT2D eigenvalue weighted by atomic mass is 10.2. The quantitative estimate of drug-likeness (QED) is 0.772. The van der Waals surface area contributed by atoms with Gasteiger partial charge in [-0.3, -0.25) is 4.79 Å². The number of furan rings is 1. The first-order chi connectivity index (χ1) is 10.1. The zero-order chi connectivity index (χ0) is 14.8. The van der Waals surface area contributed by atoms with E-state index in [1.54, 1.807) is 12.1 Å². The van der Waals surface area contributed by atoms with Crippen molar-refractivity contribution in [3.05, 3.63) is 53.7 Å². The first-order valence-corrected chi connectivity index (χ1v) is 6.94. The third-order valence-corrected chi connectivity index (χ3v) is 3.31. The predicted octanol–water partition coefficient (Wildman–Crippen LogP) is 3.21. The van der Waals surface area contributed by atoms with Crippen molar-refractivity contribution in [1.29, 1.82) is 0 Å². The number of hydrogen-bond acceptors (Lipinski definition) is 3. The molecule has 0 radical (unpaired) electrons. The average molecular weight is 283 g/mol. The molecule has 0 aliphatic rings. The fourth-order valence-corrected chi connectivity index (χ4v) is 2.14. The fraction of sp³-hybridized carbons (Fsp3) is 0.250. The van der Waals surface area contributed by atoms with Gasteiger partial charge < -0.3 is 14.7 Å². The minimum atomic E-state index is -0.215. The molecular weight excluding hydrogens is 266 g/mol. The highest BCUT2D eigenvalue weighted by molar-refractivity contribution is 5.91. The zero-order valence-electron chi connectivity index (χ0n) is 12.0. The van der Waals surface area contributed by atoms with Crippen LogP contribution in [0.25, 0.3) is 11.0 Å². The van der Waals surface area contributed by atoms with Crippen LogP contribution in [0.5, 0.6) is 0 Å². The first-order valence-electron chi connectivity index (χ1n) is 6.94. The van der Waals surface area contributed by atoms with Gasteiger partial charge in [-0.2, -0.15) is 0 Å². The number of H-pyrrole nitrogens is 1. The topological polar surface area (TPSA) is 70.9 Å². The maximum Gasteiger partial charge on any atom is 0.287 e. The largest absolute Gasteiger partial charge is 0.459 e. The number of aromatic amines is 1. The highest BCUT2D eigenvalue weighted by Crippen LogP contribution is 2.18. The van der Waals surface area contributed by atoms with Crippen LogP contribution in [-0.2, 0) is 6.54 Å². The van der Waals surface area contributed by atoms with Crippen LogP contribution in [0.2, 0.25) is 0 Å². The van der Waals surface area contributed by atoms with E-state index in [0.29, 0.717) is 18.2 Å². The maximum atomic E-state index is 11.8. The van der Waals surface area contributed by atoms with E-state index in [4.69, 9.17) is 4.42 Å². The highest BCUT2D eigenvalue weighted by atomic mass is 16.3. The van der Waals surface area contributed by atoms with Gasteiger partial charge in [-0.25, -0.2) is 4.98 Å². The van der Waals surface area contributed by atoms with Gasteiger partial charge in [-0.1, -0.05) is 19.9 Å². The molecule has 0 aliphatic heterocycles. The van der Waals surface area contributed by atoms with Gasteiger partial charge in [0.05, 0.1) is 17.3 Å². The molecule has 5 heteroatoms. The van der Waals surface area contributed by atoms with Crippen LogP contribution in [0.1, 0.15) is 41.7 Å². The molecule has 2 N–H and O–H groups in total. The first kappa shape index (κ1) is 13.4. The van der Waals surface area contributed by atoms with Crippen molar-refractivity contribution in [2.45, 2.75) is 26.3 Å². The standard InChI is InChI=1S/C16H17N3O2/c1-10(2)15-18-12-6-5-11(8-13(12)19-15)9-17-16(20)14-4-3-7-21-14/h3-8,10H,9H2,1-2H3,(H,17,20)(H,18,19). The van der Waals surface area contributed by atoms with Crippen LogP contribution < -0.4 is 5.32 Å². The molecule has 0 fully saturated rings. The second-order valence-corrected chi connectivity index (χ2v) is 5.29. The summed E-state index contributed by atoms with van der Waals surface area (Å²) < 4.78 is 5.06. The molecular formula is C16H17N3O2. The molecule has 0 bridgehead atoms. The van der Waals surface area contributed by atoms with E-state index in [2.05, 4.69) is 29.1 Å². The van der Waals surface area contributed by atoms with Gasteiger partial charge in [-0.05, 0) is 29.8 Å². The van der Waals surface area contributed by atoms with Gasteiger partial charge >= 0.3 is 0 Å². The Bertz CT molecular complexity index is 757. The average Bonchev–Trinajstić information content (AvgIpc) is 3.13. The Morgan fingerprint density at radius 1 is 1.38 bits per heavy atom. The van der Waals surface area contributed by atoms with Gasteiger partial charge in [-0.15, -0.1) is 0 Å². The molecule has 0 spiro atoms. The summed E-state index contributed by atoms with van der Waals surface area (Å²) in [6.07, 6.45) is 1.49. The van der Waals surface area contributed by atoms with Crippen molar-refractivity contribution in [1.82, 2.24) is 15.3 Å². The summed E-state index contributed by atoms with van der Waals surface area (Å²) >= 11 is 0. The third kappa shape index (κ3) is 2.81. The van der Waals surface area contributed by atoms with Crippen LogP contribution >= 0.6 is 0 Å². The van der Waals surface area contributed by atoms with Crippen LogP contribution in [0.15, 0.2) is 41.0 Å². The van der Waals surface area contributed by atoms with Crippen molar-refractivity contribution in [3.8, 4) is 0 Å². The molecule has 0 unspecified atom stereocenters. The molecule has 0 saturated carbocycles. The van der Waals surface area contributed by atoms with Crippen molar-refractivity contribution < 1.29 is 9.21 Å². The molecule has 3 aromatic rings. The molecule has 3 rings (SSSR count). The van der Waals surface area contributed by atoms with Gasteiger partial charge in [0.15, 0.2) is 5.76 Å². The molecule has 2 heterocycles. The number of fused-ring (bicyclic) bond motifs is 1. The molecule has 1 amide bonds. The minimum absolute atomic E-state index is 0.215. The Kier molecular flexibility index (Phi) is 3.48. The normalized spacial score (nSPS) is 11.2.